The van der Waals surface area contributed by atoms with E-state index in [9.17, 15) is 4.39 Å². The van der Waals surface area contributed by atoms with Crippen molar-refractivity contribution in [1.29, 1.82) is 0 Å². The lowest BCUT2D eigenvalue weighted by atomic mass is 9.86. The van der Waals surface area contributed by atoms with Crippen molar-refractivity contribution in [2.45, 2.75) is 32.7 Å². The molecule has 2 atom stereocenters. The predicted molar refractivity (Wildman–Crippen MR) is 62.5 cm³/mol. The molecule has 0 heterocycles. The molecule has 0 aromatic heterocycles. The SMILES string of the molecule is CNC(C(C)C)C(C)c1ccccc1F. The fraction of sp³-hybridized carbons (Fsp3) is 0.538. The van der Waals surface area contributed by atoms with Gasteiger partial charge in [0.05, 0.1) is 0 Å². The van der Waals surface area contributed by atoms with Gasteiger partial charge in [-0.05, 0) is 30.5 Å². The zero-order chi connectivity index (χ0) is 11.4. The zero-order valence-corrected chi connectivity index (χ0v) is 9.92. The van der Waals surface area contributed by atoms with Crippen LogP contribution in [0.5, 0.6) is 0 Å². The first-order chi connectivity index (χ1) is 7.07. The van der Waals surface area contributed by atoms with Crippen LogP contribution in [0.3, 0.4) is 0 Å². The first-order valence-corrected chi connectivity index (χ1v) is 5.49. The molecule has 1 aromatic rings. The summed E-state index contributed by atoms with van der Waals surface area (Å²) in [5.74, 6) is 0.576. The molecule has 2 unspecified atom stereocenters. The standard InChI is InChI=1S/C13H20FN/c1-9(2)13(15-4)10(3)11-7-5-6-8-12(11)14/h5-10,13,15H,1-4H3. The second-order valence-corrected chi connectivity index (χ2v) is 4.37. The summed E-state index contributed by atoms with van der Waals surface area (Å²) in [6.07, 6.45) is 0. The van der Waals surface area contributed by atoms with Gasteiger partial charge >= 0.3 is 0 Å². The Labute approximate surface area is 91.7 Å². The minimum absolute atomic E-state index is 0.106. The highest BCUT2D eigenvalue weighted by atomic mass is 19.1. The van der Waals surface area contributed by atoms with Gasteiger partial charge in [-0.25, -0.2) is 4.39 Å². The Kier molecular flexibility index (Phi) is 4.28. The van der Waals surface area contributed by atoms with E-state index in [4.69, 9.17) is 0 Å². The van der Waals surface area contributed by atoms with E-state index in [0.29, 0.717) is 12.0 Å². The third-order valence-corrected chi connectivity index (χ3v) is 2.99. The molecular weight excluding hydrogens is 189 g/mol. The lowest BCUT2D eigenvalue weighted by Crippen LogP contribution is -2.35. The van der Waals surface area contributed by atoms with Crippen molar-refractivity contribution >= 4 is 0 Å². The summed E-state index contributed by atoms with van der Waals surface area (Å²) in [5.41, 5.74) is 0.797. The molecule has 0 aliphatic heterocycles. The Morgan fingerprint density at radius 1 is 1.13 bits per heavy atom. The number of likely N-dealkylation sites (N-methyl/N-ethyl adjacent to an activating group) is 1. The molecule has 1 rings (SSSR count). The second kappa shape index (κ2) is 5.26. The van der Waals surface area contributed by atoms with Crippen LogP contribution >= 0.6 is 0 Å². The summed E-state index contributed by atoms with van der Waals surface area (Å²) in [5, 5.41) is 3.26. The van der Waals surface area contributed by atoms with Gasteiger partial charge in [0.25, 0.3) is 0 Å². The molecule has 0 saturated heterocycles. The summed E-state index contributed by atoms with van der Waals surface area (Å²) in [6, 6.07) is 7.32. The summed E-state index contributed by atoms with van der Waals surface area (Å²) in [6.45, 7) is 6.37. The Hall–Kier alpha value is -0.890. The number of hydrogen-bond acceptors (Lipinski definition) is 1. The van der Waals surface area contributed by atoms with Crippen LogP contribution in [-0.4, -0.2) is 13.1 Å². The van der Waals surface area contributed by atoms with Crippen molar-refractivity contribution in [3.05, 3.63) is 35.6 Å². The third-order valence-electron chi connectivity index (χ3n) is 2.99. The molecule has 0 saturated carbocycles. The van der Waals surface area contributed by atoms with Crippen molar-refractivity contribution in [3.8, 4) is 0 Å². The number of hydrogen-bond donors (Lipinski definition) is 1. The van der Waals surface area contributed by atoms with Crippen molar-refractivity contribution in [2.24, 2.45) is 5.92 Å². The van der Waals surface area contributed by atoms with Crippen molar-refractivity contribution in [1.82, 2.24) is 5.32 Å². The molecule has 0 bridgehead atoms. The average molecular weight is 209 g/mol. The summed E-state index contributed by atoms with van der Waals surface area (Å²) >= 11 is 0. The Bertz CT molecular complexity index is 309. The molecule has 0 aliphatic carbocycles. The van der Waals surface area contributed by atoms with Gasteiger partial charge in [-0.2, -0.15) is 0 Å². The predicted octanol–water partition coefficient (Wildman–Crippen LogP) is 3.17. The van der Waals surface area contributed by atoms with Crippen LogP contribution < -0.4 is 5.32 Å². The normalized spacial score (nSPS) is 15.3. The molecule has 0 fully saturated rings. The van der Waals surface area contributed by atoms with Crippen LogP contribution in [0.2, 0.25) is 0 Å². The van der Waals surface area contributed by atoms with E-state index in [1.807, 2.05) is 19.2 Å². The third kappa shape index (κ3) is 2.78. The topological polar surface area (TPSA) is 12.0 Å². The van der Waals surface area contributed by atoms with Crippen molar-refractivity contribution < 1.29 is 4.39 Å². The fourth-order valence-corrected chi connectivity index (χ4v) is 2.20. The number of nitrogens with one attached hydrogen (secondary N) is 1. The maximum absolute atomic E-state index is 13.6. The van der Waals surface area contributed by atoms with Crippen LogP contribution in [0.25, 0.3) is 0 Å². The van der Waals surface area contributed by atoms with Gasteiger partial charge in [0.1, 0.15) is 5.82 Å². The Balaban J connectivity index is 2.92. The first kappa shape index (κ1) is 12.2. The van der Waals surface area contributed by atoms with E-state index in [1.54, 1.807) is 6.07 Å². The molecule has 1 aromatic carbocycles. The maximum atomic E-state index is 13.6. The van der Waals surface area contributed by atoms with E-state index in [0.717, 1.165) is 5.56 Å². The lowest BCUT2D eigenvalue weighted by molar-refractivity contribution is 0.369. The number of halogens is 1. The minimum atomic E-state index is -0.106. The van der Waals surface area contributed by atoms with Gasteiger partial charge in [-0.3, -0.25) is 0 Å². The quantitative estimate of drug-likeness (QED) is 0.803. The van der Waals surface area contributed by atoms with Gasteiger partial charge in [-0.1, -0.05) is 39.0 Å². The van der Waals surface area contributed by atoms with Crippen molar-refractivity contribution in [2.75, 3.05) is 7.05 Å². The van der Waals surface area contributed by atoms with E-state index < -0.39 is 0 Å². The van der Waals surface area contributed by atoms with Gasteiger partial charge in [0.15, 0.2) is 0 Å². The van der Waals surface area contributed by atoms with Gasteiger partial charge < -0.3 is 5.32 Å². The lowest BCUT2D eigenvalue weighted by Gasteiger charge is -2.27. The highest BCUT2D eigenvalue weighted by Crippen LogP contribution is 2.25. The Morgan fingerprint density at radius 3 is 2.20 bits per heavy atom. The average Bonchev–Trinajstić information content (AvgIpc) is 2.18. The van der Waals surface area contributed by atoms with E-state index >= 15 is 0 Å². The molecule has 1 nitrogen and oxygen atoms in total. The highest BCUT2D eigenvalue weighted by molar-refractivity contribution is 5.22. The van der Waals surface area contributed by atoms with Gasteiger partial charge in [0.2, 0.25) is 0 Å². The van der Waals surface area contributed by atoms with E-state index in [1.165, 1.54) is 6.07 Å². The molecule has 1 N–H and O–H groups in total. The van der Waals surface area contributed by atoms with Crippen LogP contribution in [0.1, 0.15) is 32.3 Å². The maximum Gasteiger partial charge on any atom is 0.126 e. The minimum Gasteiger partial charge on any atom is -0.316 e. The van der Waals surface area contributed by atoms with E-state index in [-0.39, 0.29) is 11.7 Å². The molecule has 84 valence electrons. The summed E-state index contributed by atoms with van der Waals surface area (Å²) in [7, 11) is 1.93. The molecular formula is C13H20FN. The van der Waals surface area contributed by atoms with Crippen LogP contribution in [0.15, 0.2) is 24.3 Å². The van der Waals surface area contributed by atoms with Crippen molar-refractivity contribution in [3.63, 3.8) is 0 Å². The fourth-order valence-electron chi connectivity index (χ4n) is 2.20. The molecule has 2 heteroatoms. The molecule has 15 heavy (non-hydrogen) atoms. The zero-order valence-electron chi connectivity index (χ0n) is 9.92. The second-order valence-electron chi connectivity index (χ2n) is 4.37. The Morgan fingerprint density at radius 2 is 1.73 bits per heavy atom. The monoisotopic (exact) mass is 209 g/mol. The van der Waals surface area contributed by atoms with Crippen LogP contribution in [-0.2, 0) is 0 Å². The molecule has 0 aliphatic rings. The van der Waals surface area contributed by atoms with Crippen LogP contribution in [0, 0.1) is 11.7 Å². The molecule has 0 spiro atoms. The van der Waals surface area contributed by atoms with E-state index in [2.05, 4.69) is 26.1 Å². The van der Waals surface area contributed by atoms with Gasteiger partial charge in [-0.15, -0.1) is 0 Å². The van der Waals surface area contributed by atoms with Crippen LogP contribution in [0.4, 0.5) is 4.39 Å². The molecule has 0 amide bonds. The number of benzene rings is 1. The number of rotatable bonds is 4. The smallest absolute Gasteiger partial charge is 0.126 e. The van der Waals surface area contributed by atoms with Gasteiger partial charge in [0, 0.05) is 6.04 Å². The molecule has 0 radical (unpaired) electrons. The highest BCUT2D eigenvalue weighted by Gasteiger charge is 2.22. The first-order valence-electron chi connectivity index (χ1n) is 5.49. The summed E-state index contributed by atoms with van der Waals surface area (Å²) < 4.78 is 13.6. The largest absolute Gasteiger partial charge is 0.316 e. The summed E-state index contributed by atoms with van der Waals surface area (Å²) in [4.78, 5) is 0.